The summed E-state index contributed by atoms with van der Waals surface area (Å²) >= 11 is 3.44. The van der Waals surface area contributed by atoms with Gasteiger partial charge in [-0.2, -0.15) is 0 Å². The van der Waals surface area contributed by atoms with Gasteiger partial charge in [0.05, 0.1) is 11.1 Å². The first-order valence-electron chi connectivity index (χ1n) is 5.78. The molecular formula is C15H15BrO2. The average Bonchev–Trinajstić information content (AvgIpc) is 2.39. The third-order valence-corrected chi connectivity index (χ3v) is 3.48. The molecule has 94 valence electrons. The Morgan fingerprint density at radius 2 is 1.78 bits per heavy atom. The summed E-state index contributed by atoms with van der Waals surface area (Å²) in [7, 11) is 0. The molecule has 0 aliphatic carbocycles. The van der Waals surface area contributed by atoms with Gasteiger partial charge in [-0.1, -0.05) is 36.4 Å². The van der Waals surface area contributed by atoms with Crippen molar-refractivity contribution in [1.82, 2.24) is 0 Å². The van der Waals surface area contributed by atoms with Gasteiger partial charge in [0.15, 0.2) is 0 Å². The molecule has 0 aliphatic rings. The highest BCUT2D eigenvalue weighted by Crippen LogP contribution is 2.30. The summed E-state index contributed by atoms with van der Waals surface area (Å²) in [5.41, 5.74) is 3.14. The molecule has 0 saturated carbocycles. The molecule has 0 heterocycles. The molecule has 0 bridgehead atoms. The Morgan fingerprint density at radius 1 is 1.06 bits per heavy atom. The van der Waals surface area contributed by atoms with Gasteiger partial charge in [0.25, 0.3) is 0 Å². The summed E-state index contributed by atoms with van der Waals surface area (Å²) in [5, 5.41) is 9.29. The van der Waals surface area contributed by atoms with Crippen molar-refractivity contribution in [1.29, 1.82) is 0 Å². The number of aryl methyl sites for hydroxylation is 1. The third kappa shape index (κ3) is 2.92. The summed E-state index contributed by atoms with van der Waals surface area (Å²) in [6.07, 6.45) is 0. The standard InChI is InChI=1S/C15H15BrO2/c1-11-5-2-3-6-13(11)10-18-15-12(9-17)7-4-8-14(15)16/h2-8,17H,9-10H2,1H3. The number of hydrogen-bond acceptors (Lipinski definition) is 2. The van der Waals surface area contributed by atoms with Crippen molar-refractivity contribution in [2.45, 2.75) is 20.1 Å². The van der Waals surface area contributed by atoms with E-state index in [9.17, 15) is 5.11 Å². The molecular weight excluding hydrogens is 292 g/mol. The molecule has 0 fully saturated rings. The second-order valence-corrected chi connectivity index (χ2v) is 4.96. The van der Waals surface area contributed by atoms with Gasteiger partial charge in [-0.25, -0.2) is 0 Å². The number of para-hydroxylation sites is 1. The predicted octanol–water partition coefficient (Wildman–Crippen LogP) is 3.83. The molecule has 1 N–H and O–H groups in total. The minimum absolute atomic E-state index is 0.0253. The fourth-order valence-electron chi connectivity index (χ4n) is 1.76. The number of benzene rings is 2. The molecule has 0 saturated heterocycles. The van der Waals surface area contributed by atoms with Crippen LogP contribution in [0.2, 0.25) is 0 Å². The largest absolute Gasteiger partial charge is 0.487 e. The van der Waals surface area contributed by atoms with Crippen molar-refractivity contribution in [3.8, 4) is 5.75 Å². The monoisotopic (exact) mass is 306 g/mol. The molecule has 2 aromatic rings. The van der Waals surface area contributed by atoms with Crippen molar-refractivity contribution in [2.24, 2.45) is 0 Å². The molecule has 3 heteroatoms. The van der Waals surface area contributed by atoms with Crippen LogP contribution < -0.4 is 4.74 Å². The first-order valence-corrected chi connectivity index (χ1v) is 6.57. The lowest BCUT2D eigenvalue weighted by molar-refractivity contribution is 0.258. The van der Waals surface area contributed by atoms with E-state index in [1.54, 1.807) is 0 Å². The summed E-state index contributed by atoms with van der Waals surface area (Å²) in [6, 6.07) is 13.8. The quantitative estimate of drug-likeness (QED) is 0.930. The van der Waals surface area contributed by atoms with Crippen LogP contribution in [0.5, 0.6) is 5.75 Å². The molecule has 0 radical (unpaired) electrons. The van der Waals surface area contributed by atoms with Crippen LogP contribution in [0.15, 0.2) is 46.9 Å². The molecule has 0 aromatic heterocycles. The van der Waals surface area contributed by atoms with Gasteiger partial charge in [0.2, 0.25) is 0 Å². The smallest absolute Gasteiger partial charge is 0.139 e. The molecule has 18 heavy (non-hydrogen) atoms. The fourth-order valence-corrected chi connectivity index (χ4v) is 2.28. The second-order valence-electron chi connectivity index (χ2n) is 4.10. The number of aliphatic hydroxyl groups is 1. The summed E-state index contributed by atoms with van der Waals surface area (Å²) in [6.45, 7) is 2.54. The van der Waals surface area contributed by atoms with Gasteiger partial charge in [-0.05, 0) is 40.0 Å². The van der Waals surface area contributed by atoms with Crippen molar-refractivity contribution in [3.63, 3.8) is 0 Å². The van der Waals surface area contributed by atoms with Crippen LogP contribution in [0, 0.1) is 6.92 Å². The maximum atomic E-state index is 9.29. The van der Waals surface area contributed by atoms with Gasteiger partial charge in [-0.15, -0.1) is 0 Å². The van der Waals surface area contributed by atoms with E-state index in [1.807, 2.05) is 36.4 Å². The molecule has 0 atom stereocenters. The van der Waals surface area contributed by atoms with Crippen LogP contribution >= 0.6 is 15.9 Å². The van der Waals surface area contributed by atoms with E-state index in [1.165, 1.54) is 5.56 Å². The van der Waals surface area contributed by atoms with E-state index in [-0.39, 0.29) is 6.61 Å². The zero-order valence-electron chi connectivity index (χ0n) is 10.2. The van der Waals surface area contributed by atoms with Gasteiger partial charge < -0.3 is 9.84 Å². The highest BCUT2D eigenvalue weighted by atomic mass is 79.9. The van der Waals surface area contributed by atoms with Gasteiger partial charge in [0, 0.05) is 5.56 Å². The van der Waals surface area contributed by atoms with Crippen LogP contribution in [0.4, 0.5) is 0 Å². The van der Waals surface area contributed by atoms with Crippen molar-refractivity contribution in [2.75, 3.05) is 0 Å². The predicted molar refractivity (Wildman–Crippen MR) is 75.6 cm³/mol. The Kier molecular flexibility index (Phi) is 4.39. The molecule has 2 nitrogen and oxygen atoms in total. The number of hydrogen-bond donors (Lipinski definition) is 1. The number of halogens is 1. The van der Waals surface area contributed by atoms with E-state index in [2.05, 4.69) is 28.9 Å². The lowest BCUT2D eigenvalue weighted by Gasteiger charge is -2.13. The maximum absolute atomic E-state index is 9.29. The second kappa shape index (κ2) is 6.03. The normalized spacial score (nSPS) is 10.4. The van der Waals surface area contributed by atoms with E-state index in [4.69, 9.17) is 4.74 Å². The van der Waals surface area contributed by atoms with Gasteiger partial charge >= 0.3 is 0 Å². The van der Waals surface area contributed by atoms with E-state index >= 15 is 0 Å². The molecule has 2 rings (SSSR count). The third-order valence-electron chi connectivity index (χ3n) is 2.85. The van der Waals surface area contributed by atoms with Crippen LogP contribution in [0.25, 0.3) is 0 Å². The molecule has 0 aliphatic heterocycles. The van der Waals surface area contributed by atoms with E-state index in [0.717, 1.165) is 15.6 Å². The molecule has 0 amide bonds. The minimum atomic E-state index is -0.0253. The van der Waals surface area contributed by atoms with Gasteiger partial charge in [0.1, 0.15) is 12.4 Å². The Labute approximate surface area is 115 Å². The van der Waals surface area contributed by atoms with E-state index in [0.29, 0.717) is 12.4 Å². The molecule has 0 spiro atoms. The maximum Gasteiger partial charge on any atom is 0.139 e. The lowest BCUT2D eigenvalue weighted by Crippen LogP contribution is -2.01. The topological polar surface area (TPSA) is 29.5 Å². The first-order chi connectivity index (χ1) is 8.72. The van der Waals surface area contributed by atoms with Crippen LogP contribution in [0.1, 0.15) is 16.7 Å². The minimum Gasteiger partial charge on any atom is -0.487 e. The highest BCUT2D eigenvalue weighted by molar-refractivity contribution is 9.10. The zero-order valence-corrected chi connectivity index (χ0v) is 11.8. The average molecular weight is 307 g/mol. The lowest BCUT2D eigenvalue weighted by atomic mass is 10.1. The van der Waals surface area contributed by atoms with Gasteiger partial charge in [-0.3, -0.25) is 0 Å². The SMILES string of the molecule is Cc1ccccc1COc1c(Br)cccc1CO. The highest BCUT2D eigenvalue weighted by Gasteiger charge is 2.08. The number of ether oxygens (including phenoxy) is 1. The van der Waals surface area contributed by atoms with Crippen LogP contribution in [-0.2, 0) is 13.2 Å². The summed E-state index contributed by atoms with van der Waals surface area (Å²) in [5.74, 6) is 0.711. The Morgan fingerprint density at radius 3 is 2.50 bits per heavy atom. The number of rotatable bonds is 4. The summed E-state index contributed by atoms with van der Waals surface area (Å²) < 4.78 is 6.68. The molecule has 2 aromatic carbocycles. The van der Waals surface area contributed by atoms with Crippen molar-refractivity contribution < 1.29 is 9.84 Å². The number of aliphatic hydroxyl groups excluding tert-OH is 1. The van der Waals surface area contributed by atoms with Crippen LogP contribution in [-0.4, -0.2) is 5.11 Å². The van der Waals surface area contributed by atoms with Crippen molar-refractivity contribution in [3.05, 3.63) is 63.6 Å². The first kappa shape index (κ1) is 13.1. The van der Waals surface area contributed by atoms with E-state index < -0.39 is 0 Å². The Bertz CT molecular complexity index is 538. The van der Waals surface area contributed by atoms with Crippen LogP contribution in [0.3, 0.4) is 0 Å². The Hall–Kier alpha value is -1.32. The summed E-state index contributed by atoms with van der Waals surface area (Å²) in [4.78, 5) is 0. The fraction of sp³-hybridized carbons (Fsp3) is 0.200. The zero-order chi connectivity index (χ0) is 13.0. The molecule has 0 unspecified atom stereocenters. The van der Waals surface area contributed by atoms with Crippen molar-refractivity contribution >= 4 is 15.9 Å². The Balaban J connectivity index is 2.18.